The zero-order valence-corrected chi connectivity index (χ0v) is 12.2. The van der Waals surface area contributed by atoms with Gasteiger partial charge in [0.2, 0.25) is 0 Å². The van der Waals surface area contributed by atoms with Gasteiger partial charge in [0.25, 0.3) is 0 Å². The number of amides is 1. The largest absolute Gasteiger partial charge is 0.444 e. The highest BCUT2D eigenvalue weighted by atomic mass is 16.6. The molecule has 0 bridgehead atoms. The Morgan fingerprint density at radius 2 is 1.71 bits per heavy atom. The molecule has 1 amide bonds. The molecule has 0 unspecified atom stereocenters. The number of hydrogen-bond donors (Lipinski definition) is 0. The van der Waals surface area contributed by atoms with Crippen LogP contribution < -0.4 is 0 Å². The van der Waals surface area contributed by atoms with Crippen molar-refractivity contribution in [2.75, 3.05) is 13.1 Å². The lowest BCUT2D eigenvalue weighted by atomic mass is 9.58. The minimum Gasteiger partial charge on any atom is -0.444 e. The fraction of sp³-hybridized carbons (Fsp3) is 0.929. The van der Waals surface area contributed by atoms with E-state index in [2.05, 4.69) is 6.92 Å². The van der Waals surface area contributed by atoms with Crippen molar-refractivity contribution >= 4 is 6.09 Å². The van der Waals surface area contributed by atoms with Crippen molar-refractivity contribution in [2.45, 2.75) is 60.0 Å². The molecule has 0 aromatic carbocycles. The maximum Gasteiger partial charge on any atom is 0.410 e. The standard InChI is InChI=1S/C12H21NO2.C2H6/c1-9-5-12(6-9)7-13(8-12)10(14)15-11(2,3)4;1-2/h9H,5-8H2,1-4H3;1-2H3. The first-order chi connectivity index (χ1) is 7.80. The van der Waals surface area contributed by atoms with Gasteiger partial charge in [0.15, 0.2) is 0 Å². The normalized spacial score (nSPS) is 22.1. The van der Waals surface area contributed by atoms with Crippen molar-refractivity contribution in [1.82, 2.24) is 4.90 Å². The molecule has 0 atom stereocenters. The molecule has 0 aromatic rings. The molecule has 1 aliphatic carbocycles. The molecule has 2 fully saturated rings. The maximum absolute atomic E-state index is 11.7. The number of ether oxygens (including phenoxy) is 1. The number of hydrogen-bond acceptors (Lipinski definition) is 2. The first kappa shape index (κ1) is 14.3. The number of likely N-dealkylation sites (tertiary alicyclic amines) is 1. The fourth-order valence-corrected chi connectivity index (χ4v) is 2.90. The molecule has 3 nitrogen and oxygen atoms in total. The van der Waals surface area contributed by atoms with Crippen LogP contribution in [0.25, 0.3) is 0 Å². The minimum absolute atomic E-state index is 0.146. The Kier molecular flexibility index (Phi) is 4.11. The van der Waals surface area contributed by atoms with E-state index in [0.29, 0.717) is 5.41 Å². The smallest absolute Gasteiger partial charge is 0.410 e. The van der Waals surface area contributed by atoms with Crippen molar-refractivity contribution in [1.29, 1.82) is 0 Å². The number of rotatable bonds is 0. The molecule has 0 radical (unpaired) electrons. The van der Waals surface area contributed by atoms with Crippen molar-refractivity contribution < 1.29 is 9.53 Å². The van der Waals surface area contributed by atoms with E-state index in [0.717, 1.165) is 19.0 Å². The van der Waals surface area contributed by atoms with Gasteiger partial charge in [0.1, 0.15) is 5.60 Å². The van der Waals surface area contributed by atoms with Crippen LogP contribution in [-0.2, 0) is 4.74 Å². The van der Waals surface area contributed by atoms with Crippen LogP contribution in [0, 0.1) is 11.3 Å². The molecular formula is C14H27NO2. The predicted molar refractivity (Wildman–Crippen MR) is 70.0 cm³/mol. The Labute approximate surface area is 106 Å². The Morgan fingerprint density at radius 1 is 1.24 bits per heavy atom. The molecule has 100 valence electrons. The molecule has 17 heavy (non-hydrogen) atoms. The van der Waals surface area contributed by atoms with E-state index in [1.165, 1.54) is 12.8 Å². The molecular weight excluding hydrogens is 214 g/mol. The van der Waals surface area contributed by atoms with Crippen LogP contribution in [0.1, 0.15) is 54.4 Å². The van der Waals surface area contributed by atoms with Crippen molar-refractivity contribution in [2.24, 2.45) is 11.3 Å². The Balaban J connectivity index is 0.000000686. The Morgan fingerprint density at radius 3 is 2.06 bits per heavy atom. The summed E-state index contributed by atoms with van der Waals surface area (Å²) in [4.78, 5) is 13.5. The zero-order chi connectivity index (χ0) is 13.3. The van der Waals surface area contributed by atoms with Gasteiger partial charge < -0.3 is 9.64 Å². The lowest BCUT2D eigenvalue weighted by molar-refractivity contribution is -0.0909. The first-order valence-corrected chi connectivity index (χ1v) is 6.78. The SMILES string of the molecule is CC.CC1CC2(C1)CN(C(=O)OC(C)(C)C)C2. The maximum atomic E-state index is 11.7. The zero-order valence-electron chi connectivity index (χ0n) is 12.2. The highest BCUT2D eigenvalue weighted by Crippen LogP contribution is 2.51. The lowest BCUT2D eigenvalue weighted by Gasteiger charge is -2.58. The summed E-state index contributed by atoms with van der Waals surface area (Å²) >= 11 is 0. The highest BCUT2D eigenvalue weighted by Gasteiger charge is 2.52. The molecule has 2 rings (SSSR count). The van der Waals surface area contributed by atoms with Crippen LogP contribution in [0.2, 0.25) is 0 Å². The summed E-state index contributed by atoms with van der Waals surface area (Å²) in [6.45, 7) is 13.8. The van der Waals surface area contributed by atoms with Gasteiger partial charge in [-0.15, -0.1) is 0 Å². The summed E-state index contributed by atoms with van der Waals surface area (Å²) in [6.07, 6.45) is 2.42. The molecule has 1 aliphatic heterocycles. The Hall–Kier alpha value is -0.730. The van der Waals surface area contributed by atoms with Crippen LogP contribution in [0.15, 0.2) is 0 Å². The molecule has 1 spiro atoms. The molecule has 1 saturated carbocycles. The molecule has 1 saturated heterocycles. The van der Waals surface area contributed by atoms with Crippen LogP contribution in [-0.4, -0.2) is 29.7 Å². The van der Waals surface area contributed by atoms with Gasteiger partial charge in [-0.3, -0.25) is 0 Å². The number of carbonyl (C=O) groups excluding carboxylic acids is 1. The summed E-state index contributed by atoms with van der Waals surface area (Å²) in [7, 11) is 0. The molecule has 2 aliphatic rings. The van der Waals surface area contributed by atoms with Crippen molar-refractivity contribution in [3.05, 3.63) is 0 Å². The summed E-state index contributed by atoms with van der Waals surface area (Å²) in [5.41, 5.74) is 0.100. The third-order valence-electron chi connectivity index (χ3n) is 3.27. The van der Waals surface area contributed by atoms with Crippen molar-refractivity contribution in [3.8, 4) is 0 Å². The third-order valence-corrected chi connectivity index (χ3v) is 3.27. The van der Waals surface area contributed by atoms with Crippen molar-refractivity contribution in [3.63, 3.8) is 0 Å². The van der Waals surface area contributed by atoms with Gasteiger partial charge in [-0.2, -0.15) is 0 Å². The lowest BCUT2D eigenvalue weighted by Crippen LogP contribution is -2.63. The second-order valence-corrected chi connectivity index (χ2v) is 6.35. The van der Waals surface area contributed by atoms with Crippen LogP contribution in [0.5, 0.6) is 0 Å². The second kappa shape index (κ2) is 4.87. The van der Waals surface area contributed by atoms with Crippen LogP contribution >= 0.6 is 0 Å². The molecule has 3 heteroatoms. The van der Waals surface area contributed by atoms with E-state index in [-0.39, 0.29) is 11.7 Å². The molecule has 1 heterocycles. The number of carbonyl (C=O) groups is 1. The van der Waals surface area contributed by atoms with E-state index in [1.807, 2.05) is 39.5 Å². The second-order valence-electron chi connectivity index (χ2n) is 6.35. The predicted octanol–water partition coefficient (Wildman–Crippen LogP) is 3.68. The monoisotopic (exact) mass is 241 g/mol. The first-order valence-electron chi connectivity index (χ1n) is 6.78. The third kappa shape index (κ3) is 3.36. The fourth-order valence-electron chi connectivity index (χ4n) is 2.90. The average molecular weight is 241 g/mol. The van der Waals surface area contributed by atoms with E-state index in [1.54, 1.807) is 0 Å². The van der Waals surface area contributed by atoms with Crippen LogP contribution in [0.4, 0.5) is 4.79 Å². The summed E-state index contributed by atoms with van der Waals surface area (Å²) in [5.74, 6) is 0.853. The van der Waals surface area contributed by atoms with E-state index >= 15 is 0 Å². The van der Waals surface area contributed by atoms with E-state index in [4.69, 9.17) is 4.74 Å². The van der Waals surface area contributed by atoms with Crippen LogP contribution in [0.3, 0.4) is 0 Å². The average Bonchev–Trinajstić information content (AvgIpc) is 2.09. The topological polar surface area (TPSA) is 29.5 Å². The highest BCUT2D eigenvalue weighted by molar-refractivity contribution is 5.69. The van der Waals surface area contributed by atoms with Gasteiger partial charge in [0, 0.05) is 18.5 Å². The molecule has 0 N–H and O–H groups in total. The van der Waals surface area contributed by atoms with Gasteiger partial charge in [-0.1, -0.05) is 20.8 Å². The van der Waals surface area contributed by atoms with E-state index in [9.17, 15) is 4.79 Å². The van der Waals surface area contributed by atoms with Gasteiger partial charge in [-0.05, 0) is 39.5 Å². The van der Waals surface area contributed by atoms with Gasteiger partial charge in [0.05, 0.1) is 0 Å². The Bertz CT molecular complexity index is 266. The number of nitrogens with zero attached hydrogens (tertiary/aromatic N) is 1. The van der Waals surface area contributed by atoms with E-state index < -0.39 is 0 Å². The van der Waals surface area contributed by atoms with Gasteiger partial charge in [-0.25, -0.2) is 4.79 Å². The summed E-state index contributed by atoms with van der Waals surface area (Å²) in [6, 6.07) is 0. The summed E-state index contributed by atoms with van der Waals surface area (Å²) < 4.78 is 5.32. The quantitative estimate of drug-likeness (QED) is 0.647. The summed E-state index contributed by atoms with van der Waals surface area (Å²) in [5, 5.41) is 0. The van der Waals surface area contributed by atoms with Gasteiger partial charge >= 0.3 is 6.09 Å². The minimum atomic E-state index is -0.368. The molecule has 0 aromatic heterocycles.